The van der Waals surface area contributed by atoms with Gasteiger partial charge < -0.3 is 46.4 Å². The molecule has 0 fully saturated rings. The molecule has 0 aliphatic heterocycles. The number of nitrogens with one attached hydrogen (secondary N) is 1. The van der Waals surface area contributed by atoms with Crippen molar-refractivity contribution < 1.29 is 41.7 Å². The molecule has 0 aliphatic rings. The van der Waals surface area contributed by atoms with Crippen molar-refractivity contribution in [3.05, 3.63) is 82.9 Å². The van der Waals surface area contributed by atoms with E-state index >= 15 is 0 Å². The van der Waals surface area contributed by atoms with Crippen LogP contribution in [0.1, 0.15) is 36.2 Å². The molecule has 51 heavy (non-hydrogen) atoms. The van der Waals surface area contributed by atoms with Crippen molar-refractivity contribution in [2.75, 3.05) is 45.7 Å². The highest BCUT2D eigenvalue weighted by atomic mass is 35.5. The Morgan fingerprint density at radius 2 is 1.65 bits per heavy atom. The molecule has 0 aliphatic carbocycles. The summed E-state index contributed by atoms with van der Waals surface area (Å²) >= 11 is 6.40. The predicted molar refractivity (Wildman–Crippen MR) is 188 cm³/mol. The van der Waals surface area contributed by atoms with Gasteiger partial charge in [-0.1, -0.05) is 31.5 Å². The number of amides is 2. The zero-order valence-corrected chi connectivity index (χ0v) is 29.1. The standard InChI is InChI=1S/C34H41ClF3N7O6/c1-33(2,19-43-29(46)23-6-8-24(39)9-7-23)20-45(32(47)51-26-12-10-25(48-3)11-13-26)15-4-16-49-28-14-5-22(17-27(28)35)18-42-30(40)44-31(41)50-21-34(36,37)38/h5-14,17H,4,15-16,18-21,39H2,1-3H3,(H,43,46)(H4,40,41,42,44). The minimum absolute atomic E-state index is 0.00334. The lowest BCUT2D eigenvalue weighted by Crippen LogP contribution is -2.46. The molecule has 0 saturated carbocycles. The van der Waals surface area contributed by atoms with Crippen LogP contribution in [0.4, 0.5) is 23.7 Å². The van der Waals surface area contributed by atoms with Gasteiger partial charge in [0, 0.05) is 30.9 Å². The third kappa shape index (κ3) is 14.6. The Balaban J connectivity index is 1.59. The molecule has 7 N–H and O–H groups in total. The van der Waals surface area contributed by atoms with E-state index in [0.717, 1.165) is 0 Å². The molecule has 3 aromatic rings. The number of aliphatic imine (C=N–C) groups is 2. The number of rotatable bonds is 15. The number of ether oxygens (including phenoxy) is 4. The maximum absolute atomic E-state index is 13.4. The Hall–Kier alpha value is -5.38. The largest absolute Gasteiger partial charge is 0.497 e. The lowest BCUT2D eigenvalue weighted by atomic mass is 9.92. The third-order valence-electron chi connectivity index (χ3n) is 6.90. The summed E-state index contributed by atoms with van der Waals surface area (Å²) in [6.07, 6.45) is -4.76. The number of amidine groups is 1. The van der Waals surface area contributed by atoms with Crippen LogP contribution in [0.3, 0.4) is 0 Å². The van der Waals surface area contributed by atoms with Gasteiger partial charge in [-0.3, -0.25) is 4.79 Å². The van der Waals surface area contributed by atoms with E-state index in [1.165, 1.54) is 7.11 Å². The fourth-order valence-electron chi connectivity index (χ4n) is 4.38. The van der Waals surface area contributed by atoms with E-state index in [-0.39, 0.29) is 49.7 Å². The number of nitrogens with two attached hydrogens (primary N) is 3. The van der Waals surface area contributed by atoms with Crippen molar-refractivity contribution in [3.63, 3.8) is 0 Å². The van der Waals surface area contributed by atoms with Gasteiger partial charge in [0.2, 0.25) is 5.96 Å². The van der Waals surface area contributed by atoms with Crippen molar-refractivity contribution in [1.82, 2.24) is 10.2 Å². The lowest BCUT2D eigenvalue weighted by molar-refractivity contribution is -0.156. The fourth-order valence-corrected chi connectivity index (χ4v) is 4.64. The summed E-state index contributed by atoms with van der Waals surface area (Å²) in [5.74, 6) is 0.666. The van der Waals surface area contributed by atoms with E-state index in [0.29, 0.717) is 40.5 Å². The molecule has 0 bridgehead atoms. The molecule has 0 atom stereocenters. The summed E-state index contributed by atoms with van der Waals surface area (Å²) in [6.45, 7) is 3.19. The highest BCUT2D eigenvalue weighted by molar-refractivity contribution is 6.32. The first kappa shape index (κ1) is 40.1. The molecular formula is C34H41ClF3N7O6. The monoisotopic (exact) mass is 735 g/mol. The number of methoxy groups -OCH3 is 1. The SMILES string of the molecule is COc1ccc(OC(=O)N(CCCOc2ccc(CN=C(N)N=C(N)OCC(F)(F)F)cc2Cl)CC(C)(C)CNC(=O)c2ccc(N)cc2)cc1. The second-order valence-corrected chi connectivity index (χ2v) is 12.3. The number of carbonyl (C=O) groups excluding carboxylic acids is 2. The molecule has 3 rings (SSSR count). The number of carbonyl (C=O) groups is 2. The Labute approximate surface area is 298 Å². The van der Waals surface area contributed by atoms with Gasteiger partial charge in [-0.05, 0) is 78.1 Å². The van der Waals surface area contributed by atoms with Gasteiger partial charge in [-0.15, -0.1) is 0 Å². The lowest BCUT2D eigenvalue weighted by Gasteiger charge is -2.32. The molecule has 0 heterocycles. The number of hydrogen-bond acceptors (Lipinski definition) is 8. The van der Waals surface area contributed by atoms with Crippen LogP contribution < -0.4 is 36.7 Å². The van der Waals surface area contributed by atoms with E-state index in [9.17, 15) is 22.8 Å². The van der Waals surface area contributed by atoms with Crippen molar-refractivity contribution in [2.24, 2.45) is 26.9 Å². The maximum Gasteiger partial charge on any atom is 0.422 e. The van der Waals surface area contributed by atoms with Gasteiger partial charge in [0.05, 0.1) is 25.3 Å². The molecule has 276 valence electrons. The van der Waals surface area contributed by atoms with Crippen molar-refractivity contribution in [3.8, 4) is 17.2 Å². The zero-order valence-electron chi connectivity index (χ0n) is 28.3. The van der Waals surface area contributed by atoms with Crippen LogP contribution in [0, 0.1) is 5.41 Å². The highest BCUT2D eigenvalue weighted by Crippen LogP contribution is 2.26. The van der Waals surface area contributed by atoms with Crippen molar-refractivity contribution in [1.29, 1.82) is 0 Å². The van der Waals surface area contributed by atoms with Crippen LogP contribution in [0.5, 0.6) is 17.2 Å². The summed E-state index contributed by atoms with van der Waals surface area (Å²) in [5, 5.41) is 3.19. The number of alkyl halides is 3. The smallest absolute Gasteiger partial charge is 0.422 e. The van der Waals surface area contributed by atoms with Gasteiger partial charge in [0.15, 0.2) is 6.61 Å². The maximum atomic E-state index is 13.4. The summed E-state index contributed by atoms with van der Waals surface area (Å²) in [5.41, 5.74) is 17.7. The van der Waals surface area contributed by atoms with Gasteiger partial charge in [-0.25, -0.2) is 9.79 Å². The van der Waals surface area contributed by atoms with E-state index in [1.807, 2.05) is 13.8 Å². The molecule has 3 aromatic carbocycles. The predicted octanol–water partition coefficient (Wildman–Crippen LogP) is 5.37. The molecule has 0 spiro atoms. The summed E-state index contributed by atoms with van der Waals surface area (Å²) in [6, 6.07) is 17.3. The molecule has 0 unspecified atom stereocenters. The Morgan fingerprint density at radius 3 is 2.27 bits per heavy atom. The minimum atomic E-state index is -4.58. The number of guanidine groups is 1. The molecule has 0 radical (unpaired) electrons. The average Bonchev–Trinajstić information content (AvgIpc) is 3.07. The van der Waals surface area contributed by atoms with E-state index in [4.69, 9.17) is 43.0 Å². The molecule has 17 heteroatoms. The minimum Gasteiger partial charge on any atom is -0.497 e. The van der Waals surface area contributed by atoms with Gasteiger partial charge in [0.1, 0.15) is 17.2 Å². The van der Waals surface area contributed by atoms with Crippen molar-refractivity contribution in [2.45, 2.75) is 33.0 Å². The quantitative estimate of drug-likeness (QED) is 0.0689. The number of nitrogen functional groups attached to an aromatic ring is 1. The highest BCUT2D eigenvalue weighted by Gasteiger charge is 2.29. The topological polar surface area (TPSA) is 189 Å². The van der Waals surface area contributed by atoms with E-state index in [1.54, 1.807) is 71.6 Å². The zero-order chi connectivity index (χ0) is 37.6. The third-order valence-corrected chi connectivity index (χ3v) is 7.20. The number of nitrogens with zero attached hydrogens (tertiary/aromatic N) is 3. The fraction of sp³-hybridized carbons (Fsp3) is 0.353. The van der Waals surface area contributed by atoms with E-state index in [2.05, 4.69) is 20.0 Å². The van der Waals surface area contributed by atoms with Gasteiger partial charge >= 0.3 is 12.3 Å². The number of anilines is 1. The van der Waals surface area contributed by atoms with Crippen molar-refractivity contribution >= 4 is 41.3 Å². The Morgan fingerprint density at radius 1 is 0.980 bits per heavy atom. The molecule has 2 amide bonds. The number of hydrogen-bond donors (Lipinski definition) is 4. The van der Waals surface area contributed by atoms with Crippen LogP contribution in [0.2, 0.25) is 5.02 Å². The first-order valence-electron chi connectivity index (χ1n) is 15.5. The summed E-state index contributed by atoms with van der Waals surface area (Å²) < 4.78 is 57.7. The normalized spacial score (nSPS) is 12.2. The molecule has 0 aromatic heterocycles. The van der Waals surface area contributed by atoms with Crippen LogP contribution in [-0.2, 0) is 11.3 Å². The first-order chi connectivity index (χ1) is 24.0. The average molecular weight is 736 g/mol. The Bertz CT molecular complexity index is 1670. The summed E-state index contributed by atoms with van der Waals surface area (Å²) in [7, 11) is 1.53. The molecule has 13 nitrogen and oxygen atoms in total. The first-order valence-corrected chi connectivity index (χ1v) is 15.9. The molecular weight excluding hydrogens is 695 g/mol. The van der Waals surface area contributed by atoms with Gasteiger partial charge in [-0.2, -0.15) is 18.2 Å². The van der Waals surface area contributed by atoms with Gasteiger partial charge in [0.25, 0.3) is 11.9 Å². The van der Waals surface area contributed by atoms with Crippen LogP contribution in [0.25, 0.3) is 0 Å². The number of benzene rings is 3. The second kappa shape index (κ2) is 18.6. The second-order valence-electron chi connectivity index (χ2n) is 11.9. The van der Waals surface area contributed by atoms with Crippen LogP contribution in [-0.4, -0.2) is 75.0 Å². The van der Waals surface area contributed by atoms with E-state index < -0.39 is 30.3 Å². The Kier molecular flexibility index (Phi) is 14.6. The summed E-state index contributed by atoms with van der Waals surface area (Å²) in [4.78, 5) is 35.0. The molecule has 0 saturated heterocycles. The van der Waals surface area contributed by atoms with Crippen LogP contribution >= 0.6 is 11.6 Å². The number of halogens is 4. The van der Waals surface area contributed by atoms with Crippen LogP contribution in [0.15, 0.2) is 76.7 Å².